The minimum Gasteiger partial charge on any atom is -0.0622 e. The molecular weight excluding hydrogens is 208 g/mol. The van der Waals surface area contributed by atoms with Gasteiger partial charge in [-0.1, -0.05) is 18.2 Å². The van der Waals surface area contributed by atoms with Crippen molar-refractivity contribution < 1.29 is 0 Å². The first-order valence-corrected chi connectivity index (χ1v) is 8.23. The molecule has 14 heavy (non-hydrogen) atoms. The van der Waals surface area contributed by atoms with E-state index in [4.69, 9.17) is 0 Å². The van der Waals surface area contributed by atoms with Crippen LogP contribution in [0.25, 0.3) is 4.91 Å². The maximum absolute atomic E-state index is 2.57. The summed E-state index contributed by atoms with van der Waals surface area (Å²) in [4.78, 5) is 1.67. The van der Waals surface area contributed by atoms with Crippen molar-refractivity contribution in [2.75, 3.05) is 23.0 Å². The Morgan fingerprint density at radius 3 is 2.14 bits per heavy atom. The molecule has 0 nitrogen and oxygen atoms in total. The summed E-state index contributed by atoms with van der Waals surface area (Å²) in [7, 11) is 1.22. The topological polar surface area (TPSA) is 0 Å². The van der Waals surface area contributed by atoms with Crippen LogP contribution in [-0.4, -0.2) is 23.0 Å². The van der Waals surface area contributed by atoms with Gasteiger partial charge in [0.15, 0.2) is 28.4 Å². The van der Waals surface area contributed by atoms with Gasteiger partial charge in [-0.3, -0.25) is 0 Å². The Kier molecular flexibility index (Phi) is 2.34. The lowest BCUT2D eigenvalue weighted by Gasteiger charge is -2.20. The average Bonchev–Trinajstić information content (AvgIpc) is 2.32. The Balaban J connectivity index is 2.00. The standard InChI is InChI=1S/C12H14S2/c1-2-4-11(5-3-1)12-10-13-6-8-14(12)9-7-13/h1-5,10H,6-9H2/q+2. The van der Waals surface area contributed by atoms with E-state index in [1.807, 2.05) is 0 Å². The van der Waals surface area contributed by atoms with Crippen molar-refractivity contribution in [2.24, 2.45) is 0 Å². The fourth-order valence-electron chi connectivity index (χ4n) is 2.01. The van der Waals surface area contributed by atoms with E-state index >= 15 is 0 Å². The Morgan fingerprint density at radius 1 is 0.857 bits per heavy atom. The van der Waals surface area contributed by atoms with Gasteiger partial charge in [-0.2, -0.15) is 0 Å². The van der Waals surface area contributed by atoms with Crippen LogP contribution in [0, 0.1) is 0 Å². The first-order valence-electron chi connectivity index (χ1n) is 5.04. The molecule has 3 aliphatic heterocycles. The molecule has 1 saturated heterocycles. The molecule has 0 saturated carbocycles. The molecule has 0 unspecified atom stereocenters. The predicted molar refractivity (Wildman–Crippen MR) is 68.6 cm³/mol. The number of hydrogen-bond acceptors (Lipinski definition) is 0. The highest BCUT2D eigenvalue weighted by atomic mass is 32.2. The van der Waals surface area contributed by atoms with Crippen molar-refractivity contribution in [1.82, 2.24) is 0 Å². The fraction of sp³-hybridized carbons (Fsp3) is 0.333. The summed E-state index contributed by atoms with van der Waals surface area (Å²) in [6.07, 6.45) is 0. The quantitative estimate of drug-likeness (QED) is 0.639. The third-order valence-electron chi connectivity index (χ3n) is 2.83. The molecule has 1 aromatic rings. The maximum atomic E-state index is 2.57. The molecule has 0 aliphatic carbocycles. The van der Waals surface area contributed by atoms with Crippen LogP contribution in [0.3, 0.4) is 0 Å². The van der Waals surface area contributed by atoms with Gasteiger partial charge >= 0.3 is 0 Å². The average molecular weight is 222 g/mol. The van der Waals surface area contributed by atoms with Crippen LogP contribution in [0.4, 0.5) is 0 Å². The smallest absolute Gasteiger partial charge is 0.0622 e. The van der Waals surface area contributed by atoms with Gasteiger partial charge in [-0.05, 0) is 12.1 Å². The van der Waals surface area contributed by atoms with Crippen molar-refractivity contribution >= 4 is 26.7 Å². The molecule has 0 N–H and O–H groups in total. The lowest BCUT2D eigenvalue weighted by atomic mass is 10.2. The molecule has 4 rings (SSSR count). The lowest BCUT2D eigenvalue weighted by molar-refractivity contribution is 1.38. The summed E-state index contributed by atoms with van der Waals surface area (Å²) < 4.78 is 0. The minimum atomic E-state index is 0.594. The molecule has 0 spiro atoms. The van der Waals surface area contributed by atoms with E-state index < -0.39 is 0 Å². The molecular formula is C12H14S2+2. The van der Waals surface area contributed by atoms with E-state index in [-0.39, 0.29) is 0 Å². The zero-order valence-electron chi connectivity index (χ0n) is 8.11. The van der Waals surface area contributed by atoms with E-state index in [0.29, 0.717) is 21.8 Å². The second-order valence-corrected chi connectivity index (χ2v) is 8.06. The first-order chi connectivity index (χ1) is 6.93. The van der Waals surface area contributed by atoms with Gasteiger partial charge in [-0.25, -0.2) is 0 Å². The molecule has 2 heteroatoms. The van der Waals surface area contributed by atoms with Gasteiger partial charge in [-0.15, -0.1) is 0 Å². The van der Waals surface area contributed by atoms with E-state index in [1.165, 1.54) is 28.6 Å². The van der Waals surface area contributed by atoms with Crippen molar-refractivity contribution in [3.63, 3.8) is 0 Å². The van der Waals surface area contributed by atoms with E-state index in [0.717, 1.165) is 0 Å². The number of hydrogen-bond donors (Lipinski definition) is 0. The highest BCUT2D eigenvalue weighted by molar-refractivity contribution is 8.13. The van der Waals surface area contributed by atoms with E-state index in [2.05, 4.69) is 35.7 Å². The van der Waals surface area contributed by atoms with Crippen LogP contribution in [-0.2, 0) is 21.8 Å². The highest BCUT2D eigenvalue weighted by Crippen LogP contribution is 2.34. The van der Waals surface area contributed by atoms with Crippen molar-refractivity contribution in [3.05, 3.63) is 41.3 Å². The predicted octanol–water partition coefficient (Wildman–Crippen LogP) is 2.25. The second-order valence-electron chi connectivity index (χ2n) is 3.69. The summed E-state index contributed by atoms with van der Waals surface area (Å²) in [6.45, 7) is 0. The number of benzene rings is 1. The third-order valence-corrected chi connectivity index (χ3v) is 7.89. The molecule has 0 amide bonds. The Morgan fingerprint density at radius 2 is 1.57 bits per heavy atom. The van der Waals surface area contributed by atoms with E-state index in [1.54, 1.807) is 4.91 Å². The maximum Gasteiger partial charge on any atom is 0.209 e. The van der Waals surface area contributed by atoms with E-state index in [9.17, 15) is 0 Å². The van der Waals surface area contributed by atoms with Gasteiger partial charge in [0.2, 0.25) is 4.91 Å². The number of fused-ring (bicyclic) bond motifs is 2. The van der Waals surface area contributed by atoms with Crippen LogP contribution in [0.5, 0.6) is 0 Å². The monoisotopic (exact) mass is 222 g/mol. The minimum absolute atomic E-state index is 0.594. The third kappa shape index (κ3) is 1.51. The van der Waals surface area contributed by atoms with Gasteiger partial charge in [0.05, 0.1) is 0 Å². The Labute approximate surface area is 91.1 Å². The SMILES string of the molecule is C1=C(c2ccccc2)[S+]2CC[S+]1CC2. The van der Waals surface area contributed by atoms with Crippen LogP contribution >= 0.6 is 0 Å². The number of rotatable bonds is 1. The Bertz CT molecular complexity index is 348. The molecule has 1 aromatic carbocycles. The normalized spacial score (nSPS) is 30.1. The van der Waals surface area contributed by atoms with Crippen LogP contribution in [0.15, 0.2) is 35.7 Å². The molecule has 2 bridgehead atoms. The largest absolute Gasteiger partial charge is 0.209 e. The zero-order valence-corrected chi connectivity index (χ0v) is 9.74. The first kappa shape index (κ1) is 8.93. The zero-order chi connectivity index (χ0) is 9.38. The van der Waals surface area contributed by atoms with Crippen molar-refractivity contribution in [1.29, 1.82) is 0 Å². The summed E-state index contributed by atoms with van der Waals surface area (Å²) in [5.74, 6) is 5.87. The molecule has 0 atom stereocenters. The molecule has 3 aliphatic rings. The lowest BCUT2D eigenvalue weighted by Crippen LogP contribution is -2.36. The van der Waals surface area contributed by atoms with Gasteiger partial charge < -0.3 is 0 Å². The fourth-order valence-corrected chi connectivity index (χ4v) is 8.28. The molecule has 3 heterocycles. The van der Waals surface area contributed by atoms with Crippen LogP contribution in [0.1, 0.15) is 5.56 Å². The summed E-state index contributed by atoms with van der Waals surface area (Å²) >= 11 is 0. The van der Waals surface area contributed by atoms with Gasteiger partial charge in [0.1, 0.15) is 0 Å². The summed E-state index contributed by atoms with van der Waals surface area (Å²) in [5.41, 5.74) is 1.48. The van der Waals surface area contributed by atoms with Crippen LogP contribution in [0.2, 0.25) is 0 Å². The summed E-state index contributed by atoms with van der Waals surface area (Å²) in [6, 6.07) is 11.0. The molecule has 72 valence electrons. The Hall–Kier alpha value is -0.340. The highest BCUT2D eigenvalue weighted by Gasteiger charge is 2.44. The van der Waals surface area contributed by atoms with Gasteiger partial charge in [0, 0.05) is 27.4 Å². The molecule has 0 radical (unpaired) electrons. The molecule has 1 fully saturated rings. The van der Waals surface area contributed by atoms with Crippen LogP contribution < -0.4 is 0 Å². The summed E-state index contributed by atoms with van der Waals surface area (Å²) in [5, 5.41) is 2.57. The second kappa shape index (κ2) is 3.67. The van der Waals surface area contributed by atoms with Crippen molar-refractivity contribution in [2.45, 2.75) is 0 Å². The van der Waals surface area contributed by atoms with Crippen molar-refractivity contribution in [3.8, 4) is 0 Å². The van der Waals surface area contributed by atoms with Gasteiger partial charge in [0.25, 0.3) is 0 Å². The molecule has 0 aromatic heterocycles.